The lowest BCUT2D eigenvalue weighted by atomic mass is 9.87. The molecule has 144 valence electrons. The summed E-state index contributed by atoms with van der Waals surface area (Å²) in [6.45, 7) is 1.86. The third kappa shape index (κ3) is 3.73. The average molecular weight is 381 g/mol. The predicted octanol–water partition coefficient (Wildman–Crippen LogP) is 3.02. The van der Waals surface area contributed by atoms with Crippen LogP contribution in [-0.4, -0.2) is 33.7 Å². The van der Waals surface area contributed by atoms with Crippen LogP contribution in [0.3, 0.4) is 0 Å². The second-order valence-electron chi connectivity index (χ2n) is 6.25. The zero-order chi connectivity index (χ0) is 20.3. The van der Waals surface area contributed by atoms with Crippen molar-refractivity contribution in [2.75, 3.05) is 6.61 Å². The lowest BCUT2D eigenvalue weighted by Gasteiger charge is -2.19. The number of ether oxygens (including phenoxy) is 1. The van der Waals surface area contributed by atoms with Crippen molar-refractivity contribution < 1.29 is 24.5 Å². The van der Waals surface area contributed by atoms with E-state index >= 15 is 0 Å². The molecule has 7 nitrogen and oxygen atoms in total. The number of rotatable bonds is 6. The Morgan fingerprint density at radius 2 is 1.79 bits per heavy atom. The number of nitrogens with one attached hydrogen (secondary N) is 1. The fourth-order valence-electron chi connectivity index (χ4n) is 3.20. The topological polar surface area (TPSA) is 117 Å². The number of pyridine rings is 1. The van der Waals surface area contributed by atoms with Crippen LogP contribution >= 0.6 is 0 Å². The van der Waals surface area contributed by atoms with Gasteiger partial charge < -0.3 is 19.9 Å². The summed E-state index contributed by atoms with van der Waals surface area (Å²) >= 11 is 0. The second-order valence-corrected chi connectivity index (χ2v) is 6.25. The number of para-hydroxylation sites is 1. The van der Waals surface area contributed by atoms with Gasteiger partial charge in [0.05, 0.1) is 29.7 Å². The van der Waals surface area contributed by atoms with Crippen molar-refractivity contribution in [3.05, 3.63) is 75.6 Å². The average Bonchev–Trinajstić information content (AvgIpc) is 2.67. The highest BCUT2D eigenvalue weighted by atomic mass is 16.5. The van der Waals surface area contributed by atoms with Crippen LogP contribution < -0.4 is 5.56 Å². The standard InChI is InChI=1S/C21H19NO6/c1-2-28-17(23)11-15(12-7-9-13(10-8-12)21(26)27)18-19(24)14-5-3-4-6-16(14)22-20(18)25/h3-10,15H,2,11H2,1H3,(H,26,27)(H2,22,24,25)/t15-/m1/s1. The van der Waals surface area contributed by atoms with Gasteiger partial charge in [0.1, 0.15) is 5.75 Å². The first kappa shape index (κ1) is 19.2. The molecule has 0 fully saturated rings. The quantitative estimate of drug-likeness (QED) is 0.565. The molecule has 0 saturated carbocycles. The maximum Gasteiger partial charge on any atom is 0.335 e. The van der Waals surface area contributed by atoms with Gasteiger partial charge in [0.25, 0.3) is 5.56 Å². The number of carboxylic acid groups (broad SMARTS) is 1. The molecule has 0 bridgehead atoms. The number of H-pyrrole nitrogens is 1. The molecule has 0 aliphatic heterocycles. The molecule has 1 heterocycles. The van der Waals surface area contributed by atoms with E-state index in [4.69, 9.17) is 9.84 Å². The predicted molar refractivity (Wildman–Crippen MR) is 103 cm³/mol. The van der Waals surface area contributed by atoms with E-state index in [9.17, 15) is 19.5 Å². The number of carboxylic acids is 1. The van der Waals surface area contributed by atoms with Crippen molar-refractivity contribution in [2.24, 2.45) is 0 Å². The summed E-state index contributed by atoms with van der Waals surface area (Å²) in [6.07, 6.45) is -0.171. The summed E-state index contributed by atoms with van der Waals surface area (Å²) in [5, 5.41) is 20.3. The first-order valence-corrected chi connectivity index (χ1v) is 8.75. The molecule has 1 atom stereocenters. The molecule has 0 amide bonds. The van der Waals surface area contributed by atoms with Crippen LogP contribution in [-0.2, 0) is 9.53 Å². The number of aromatic amines is 1. The number of carbonyl (C=O) groups is 2. The van der Waals surface area contributed by atoms with Crippen molar-refractivity contribution in [3.8, 4) is 5.75 Å². The van der Waals surface area contributed by atoms with Crippen LogP contribution in [0.15, 0.2) is 53.3 Å². The molecule has 0 spiro atoms. The van der Waals surface area contributed by atoms with E-state index in [0.29, 0.717) is 16.5 Å². The minimum atomic E-state index is -1.08. The van der Waals surface area contributed by atoms with Crippen molar-refractivity contribution in [1.82, 2.24) is 4.98 Å². The second kappa shape index (κ2) is 7.96. The molecule has 3 N–H and O–H groups in total. The van der Waals surface area contributed by atoms with Gasteiger partial charge in [-0.3, -0.25) is 9.59 Å². The molecule has 3 aromatic rings. The number of esters is 1. The Balaban J connectivity index is 2.16. The first-order chi connectivity index (χ1) is 13.4. The van der Waals surface area contributed by atoms with Gasteiger partial charge in [-0.25, -0.2) is 4.79 Å². The van der Waals surface area contributed by atoms with E-state index in [1.165, 1.54) is 24.3 Å². The zero-order valence-corrected chi connectivity index (χ0v) is 15.1. The number of hydrogen-bond donors (Lipinski definition) is 3. The van der Waals surface area contributed by atoms with Crippen LogP contribution in [0, 0.1) is 0 Å². The van der Waals surface area contributed by atoms with Crippen LogP contribution in [0.2, 0.25) is 0 Å². The monoisotopic (exact) mass is 381 g/mol. The Labute approximate surface area is 160 Å². The number of aromatic hydroxyl groups is 1. The Morgan fingerprint density at radius 3 is 2.43 bits per heavy atom. The summed E-state index contributed by atoms with van der Waals surface area (Å²) in [7, 11) is 0. The molecule has 0 aliphatic carbocycles. The van der Waals surface area contributed by atoms with Crippen LogP contribution in [0.25, 0.3) is 10.9 Å². The molecule has 28 heavy (non-hydrogen) atoms. The number of hydrogen-bond acceptors (Lipinski definition) is 5. The highest BCUT2D eigenvalue weighted by Gasteiger charge is 2.26. The molecule has 2 aromatic carbocycles. The summed E-state index contributed by atoms with van der Waals surface area (Å²) in [5.74, 6) is -2.62. The third-order valence-corrected chi connectivity index (χ3v) is 4.51. The van der Waals surface area contributed by atoms with Gasteiger partial charge in [-0.1, -0.05) is 24.3 Å². The zero-order valence-electron chi connectivity index (χ0n) is 15.1. The Bertz CT molecular complexity index is 1080. The van der Waals surface area contributed by atoms with E-state index < -0.39 is 23.4 Å². The fourth-order valence-corrected chi connectivity index (χ4v) is 3.20. The smallest absolute Gasteiger partial charge is 0.335 e. The van der Waals surface area contributed by atoms with Crippen molar-refractivity contribution in [3.63, 3.8) is 0 Å². The van der Waals surface area contributed by atoms with Crippen molar-refractivity contribution in [2.45, 2.75) is 19.3 Å². The number of aromatic carboxylic acids is 1. The molecule has 0 unspecified atom stereocenters. The van der Waals surface area contributed by atoms with E-state index in [-0.39, 0.29) is 29.9 Å². The van der Waals surface area contributed by atoms with Crippen LogP contribution in [0.4, 0.5) is 0 Å². The molecular formula is C21H19NO6. The summed E-state index contributed by atoms with van der Waals surface area (Å²) < 4.78 is 5.02. The molecule has 0 saturated heterocycles. The number of benzene rings is 2. The maximum atomic E-state index is 12.7. The summed E-state index contributed by atoms with van der Waals surface area (Å²) in [5.41, 5.74) is 0.594. The molecule has 1 aromatic heterocycles. The first-order valence-electron chi connectivity index (χ1n) is 8.75. The molecule has 0 aliphatic rings. The lowest BCUT2D eigenvalue weighted by Crippen LogP contribution is -2.21. The normalized spacial score (nSPS) is 11.9. The third-order valence-electron chi connectivity index (χ3n) is 4.51. The van der Waals surface area contributed by atoms with Crippen molar-refractivity contribution >= 4 is 22.8 Å². The van der Waals surface area contributed by atoms with Crippen LogP contribution in [0.5, 0.6) is 5.75 Å². The Kier molecular flexibility index (Phi) is 5.44. The lowest BCUT2D eigenvalue weighted by molar-refractivity contribution is -0.143. The number of carbonyl (C=O) groups excluding carboxylic acids is 1. The minimum Gasteiger partial charge on any atom is -0.507 e. The largest absolute Gasteiger partial charge is 0.507 e. The van der Waals surface area contributed by atoms with E-state index in [1.807, 2.05) is 0 Å². The van der Waals surface area contributed by atoms with Gasteiger partial charge in [0, 0.05) is 11.3 Å². The van der Waals surface area contributed by atoms with Gasteiger partial charge in [-0.15, -0.1) is 0 Å². The van der Waals surface area contributed by atoms with Gasteiger partial charge in [-0.2, -0.15) is 0 Å². The number of fused-ring (bicyclic) bond motifs is 1. The van der Waals surface area contributed by atoms with E-state index in [0.717, 1.165) is 0 Å². The van der Waals surface area contributed by atoms with Crippen molar-refractivity contribution in [1.29, 1.82) is 0 Å². The summed E-state index contributed by atoms with van der Waals surface area (Å²) in [4.78, 5) is 38.7. The van der Waals surface area contributed by atoms with Gasteiger partial charge in [0.2, 0.25) is 0 Å². The fraction of sp³-hybridized carbons (Fsp3) is 0.190. The Hall–Kier alpha value is -3.61. The van der Waals surface area contributed by atoms with E-state index in [1.54, 1.807) is 31.2 Å². The Morgan fingerprint density at radius 1 is 1.11 bits per heavy atom. The minimum absolute atomic E-state index is 0.0369. The van der Waals surface area contributed by atoms with Gasteiger partial charge in [-0.05, 0) is 36.8 Å². The van der Waals surface area contributed by atoms with E-state index in [2.05, 4.69) is 4.98 Å². The van der Waals surface area contributed by atoms with Gasteiger partial charge in [0.15, 0.2) is 0 Å². The molecule has 0 radical (unpaired) electrons. The maximum absolute atomic E-state index is 12.7. The SMILES string of the molecule is CCOC(=O)C[C@H](c1ccc(C(=O)O)cc1)c1c(O)c2ccccc2[nH]c1=O. The summed E-state index contributed by atoms with van der Waals surface area (Å²) in [6, 6.07) is 12.6. The molecular weight excluding hydrogens is 362 g/mol. The highest BCUT2D eigenvalue weighted by Crippen LogP contribution is 2.35. The highest BCUT2D eigenvalue weighted by molar-refractivity contribution is 5.88. The van der Waals surface area contributed by atoms with Gasteiger partial charge >= 0.3 is 11.9 Å². The molecule has 3 rings (SSSR count). The van der Waals surface area contributed by atoms with Crippen LogP contribution in [0.1, 0.15) is 40.7 Å². The molecule has 7 heteroatoms. The number of aromatic nitrogens is 1.